The van der Waals surface area contributed by atoms with Gasteiger partial charge in [-0.15, -0.1) is 0 Å². The number of nitrogens with zero attached hydrogens (tertiary/aromatic N) is 2. The molecule has 1 aromatic heterocycles. The van der Waals surface area contributed by atoms with Crippen LogP contribution in [-0.4, -0.2) is 29.3 Å². The fourth-order valence-electron chi connectivity index (χ4n) is 4.19. The molecule has 0 aliphatic heterocycles. The summed E-state index contributed by atoms with van der Waals surface area (Å²) >= 11 is 6.26. The van der Waals surface area contributed by atoms with E-state index in [2.05, 4.69) is 10.3 Å². The van der Waals surface area contributed by atoms with E-state index < -0.39 is 22.3 Å². The number of benzene rings is 4. The number of carbonyl (C=O) groups is 1. The van der Waals surface area contributed by atoms with Crippen molar-refractivity contribution in [1.82, 2.24) is 0 Å². The number of ether oxygens (including phenoxy) is 1. The van der Waals surface area contributed by atoms with E-state index >= 15 is 0 Å². The summed E-state index contributed by atoms with van der Waals surface area (Å²) in [6.45, 7) is 0. The Hall–Kier alpha value is -5.15. The van der Waals surface area contributed by atoms with Crippen molar-refractivity contribution in [3.63, 3.8) is 0 Å². The average molecular weight is 556 g/mol. The smallest absolute Gasteiger partial charge is 0.311 e. The minimum absolute atomic E-state index is 0.152. The van der Waals surface area contributed by atoms with Crippen LogP contribution in [0, 0.1) is 10.1 Å². The van der Waals surface area contributed by atoms with Crippen LogP contribution in [0.5, 0.6) is 11.5 Å². The Morgan fingerprint density at radius 1 is 1.10 bits per heavy atom. The van der Waals surface area contributed by atoms with Crippen LogP contribution < -0.4 is 10.1 Å². The third-order valence-corrected chi connectivity index (χ3v) is 6.53. The monoisotopic (exact) mass is 555 g/mol. The lowest BCUT2D eigenvalue weighted by atomic mass is 10.0. The van der Waals surface area contributed by atoms with Gasteiger partial charge in [0.05, 0.1) is 23.4 Å². The highest BCUT2D eigenvalue weighted by molar-refractivity contribution is 6.31. The molecule has 0 aliphatic rings. The first kappa shape index (κ1) is 26.5. The molecule has 200 valence electrons. The van der Waals surface area contributed by atoms with Crippen molar-refractivity contribution in [2.45, 2.75) is 6.42 Å². The van der Waals surface area contributed by atoms with Gasteiger partial charge < -0.3 is 19.6 Å². The summed E-state index contributed by atoms with van der Waals surface area (Å²) in [6, 6.07) is 23.9. The van der Waals surface area contributed by atoms with Crippen LogP contribution in [0.4, 0.5) is 17.1 Å². The topological polar surface area (TPSA) is 127 Å². The van der Waals surface area contributed by atoms with Gasteiger partial charge in [-0.3, -0.25) is 19.9 Å². The molecule has 0 saturated heterocycles. The van der Waals surface area contributed by atoms with Gasteiger partial charge in [-0.1, -0.05) is 48.0 Å². The summed E-state index contributed by atoms with van der Waals surface area (Å²) in [5.41, 5.74) is 2.52. The number of aliphatic imine (C=N–C) groups is 1. The molecule has 0 atom stereocenters. The van der Waals surface area contributed by atoms with Crippen LogP contribution in [-0.2, 0) is 6.42 Å². The van der Waals surface area contributed by atoms with E-state index in [4.69, 9.17) is 20.8 Å². The zero-order valence-electron chi connectivity index (χ0n) is 21.1. The van der Waals surface area contributed by atoms with E-state index in [1.165, 1.54) is 19.4 Å². The number of carbonyl (C=O) groups excluding carboxylic acids is 1. The van der Waals surface area contributed by atoms with Gasteiger partial charge in [-0.05, 0) is 53.9 Å². The first-order valence-corrected chi connectivity index (χ1v) is 12.5. The van der Waals surface area contributed by atoms with Crippen LogP contribution in [0.2, 0.25) is 5.02 Å². The SMILES string of the molecule is COc1cc(N=Cc2cc(Cc3ccccc3Cl)cc([N+](=O)[O-])c2O)ccc1NC(=O)c1cc2ccccc2o1. The number of rotatable bonds is 8. The molecule has 9 nitrogen and oxygen atoms in total. The summed E-state index contributed by atoms with van der Waals surface area (Å²) in [5, 5.41) is 26.3. The number of phenolic OH excluding ortho intramolecular Hbond substituents is 1. The fraction of sp³-hybridized carbons (Fsp3) is 0.0667. The Kier molecular flexibility index (Phi) is 7.48. The zero-order valence-corrected chi connectivity index (χ0v) is 21.9. The molecule has 2 N–H and O–H groups in total. The molecule has 0 aliphatic carbocycles. The molecule has 0 bridgehead atoms. The van der Waals surface area contributed by atoms with Gasteiger partial charge in [-0.25, -0.2) is 0 Å². The number of hydrogen-bond donors (Lipinski definition) is 2. The minimum atomic E-state index is -0.648. The van der Waals surface area contributed by atoms with Crippen molar-refractivity contribution in [2.75, 3.05) is 12.4 Å². The number of nitro groups is 1. The van der Waals surface area contributed by atoms with Crippen molar-refractivity contribution >= 4 is 51.8 Å². The third kappa shape index (κ3) is 5.64. The number of furan rings is 1. The van der Waals surface area contributed by atoms with Crippen LogP contribution >= 0.6 is 11.6 Å². The van der Waals surface area contributed by atoms with Crippen molar-refractivity contribution in [3.05, 3.63) is 123 Å². The number of aromatic hydroxyl groups is 1. The number of nitro benzene ring substituents is 1. The molecule has 0 fully saturated rings. The lowest BCUT2D eigenvalue weighted by molar-refractivity contribution is -0.385. The average Bonchev–Trinajstić information content (AvgIpc) is 3.39. The molecule has 0 spiro atoms. The van der Waals surface area contributed by atoms with Crippen LogP contribution in [0.25, 0.3) is 11.0 Å². The van der Waals surface area contributed by atoms with Crippen molar-refractivity contribution in [1.29, 1.82) is 0 Å². The molecule has 10 heteroatoms. The number of fused-ring (bicyclic) bond motifs is 1. The van der Waals surface area contributed by atoms with Crippen LogP contribution in [0.15, 0.2) is 94.3 Å². The second-order valence-corrected chi connectivity index (χ2v) is 9.23. The highest BCUT2D eigenvalue weighted by atomic mass is 35.5. The summed E-state index contributed by atoms with van der Waals surface area (Å²) < 4.78 is 11.1. The number of phenols is 1. The zero-order chi connectivity index (χ0) is 28.2. The second kappa shape index (κ2) is 11.3. The number of hydrogen-bond acceptors (Lipinski definition) is 7. The number of nitrogens with one attached hydrogen (secondary N) is 1. The molecule has 0 radical (unpaired) electrons. The molecule has 5 aromatic rings. The second-order valence-electron chi connectivity index (χ2n) is 8.82. The van der Waals surface area contributed by atoms with Gasteiger partial charge in [-0.2, -0.15) is 0 Å². The molecule has 1 amide bonds. The largest absolute Gasteiger partial charge is 0.502 e. The normalized spacial score (nSPS) is 11.2. The maximum absolute atomic E-state index is 12.8. The molecular formula is C30H22ClN3O6. The minimum Gasteiger partial charge on any atom is -0.502 e. The van der Waals surface area contributed by atoms with E-state index in [9.17, 15) is 20.0 Å². The third-order valence-electron chi connectivity index (χ3n) is 6.16. The van der Waals surface area contributed by atoms with Gasteiger partial charge in [0.25, 0.3) is 5.91 Å². The van der Waals surface area contributed by atoms with E-state index in [1.54, 1.807) is 48.5 Å². The van der Waals surface area contributed by atoms with Crippen LogP contribution in [0.1, 0.15) is 27.2 Å². The first-order valence-electron chi connectivity index (χ1n) is 12.1. The standard InChI is InChI=1S/C30H22ClN3O6/c1-39-27-16-22(10-11-24(27)33-30(36)28-15-20-7-3-5-9-26(20)40-28)32-17-21-13-18(14-25(29(21)35)34(37)38)12-19-6-2-4-8-23(19)31/h2-11,13-17,35H,12H2,1H3,(H,33,36). The molecular weight excluding hydrogens is 534 g/mol. The Balaban J connectivity index is 1.40. The van der Waals surface area contributed by atoms with Crippen molar-refractivity contribution in [2.24, 2.45) is 4.99 Å². The van der Waals surface area contributed by atoms with E-state index in [0.717, 1.165) is 10.9 Å². The van der Waals surface area contributed by atoms with E-state index in [1.807, 2.05) is 30.3 Å². The predicted octanol–water partition coefficient (Wildman–Crippen LogP) is 7.30. The number of para-hydroxylation sites is 1. The molecule has 4 aromatic carbocycles. The molecule has 0 saturated carbocycles. The summed E-state index contributed by atoms with van der Waals surface area (Å²) in [6.07, 6.45) is 1.66. The van der Waals surface area contributed by atoms with Crippen molar-refractivity contribution in [3.8, 4) is 11.5 Å². The number of halogens is 1. The summed E-state index contributed by atoms with van der Waals surface area (Å²) in [7, 11) is 1.45. The summed E-state index contributed by atoms with van der Waals surface area (Å²) in [4.78, 5) is 28.1. The highest BCUT2D eigenvalue weighted by Crippen LogP contribution is 2.34. The van der Waals surface area contributed by atoms with E-state index in [-0.39, 0.29) is 11.3 Å². The quantitative estimate of drug-likeness (QED) is 0.117. The predicted molar refractivity (Wildman–Crippen MR) is 153 cm³/mol. The number of amides is 1. The molecule has 1 heterocycles. The summed E-state index contributed by atoms with van der Waals surface area (Å²) in [5.74, 6) is -0.461. The Morgan fingerprint density at radius 3 is 2.62 bits per heavy atom. The molecule has 5 rings (SSSR count). The lowest BCUT2D eigenvalue weighted by Crippen LogP contribution is -2.11. The van der Waals surface area contributed by atoms with Gasteiger partial charge in [0.2, 0.25) is 5.75 Å². The first-order chi connectivity index (χ1) is 19.3. The Labute approximate surface area is 233 Å². The van der Waals surface area contributed by atoms with Gasteiger partial charge in [0.15, 0.2) is 5.76 Å². The fourth-order valence-corrected chi connectivity index (χ4v) is 4.39. The maximum atomic E-state index is 12.8. The lowest BCUT2D eigenvalue weighted by Gasteiger charge is -2.10. The van der Waals surface area contributed by atoms with Gasteiger partial charge >= 0.3 is 5.69 Å². The van der Waals surface area contributed by atoms with Crippen LogP contribution in [0.3, 0.4) is 0 Å². The number of anilines is 1. The molecule has 40 heavy (non-hydrogen) atoms. The maximum Gasteiger partial charge on any atom is 0.311 e. The Morgan fingerprint density at radius 2 is 1.88 bits per heavy atom. The van der Waals surface area contributed by atoms with Gasteiger partial charge in [0.1, 0.15) is 11.3 Å². The van der Waals surface area contributed by atoms with Gasteiger partial charge in [0, 0.05) is 34.3 Å². The van der Waals surface area contributed by atoms with Crippen molar-refractivity contribution < 1.29 is 24.0 Å². The molecule has 0 unspecified atom stereocenters. The highest BCUT2D eigenvalue weighted by Gasteiger charge is 2.19. The number of methoxy groups -OCH3 is 1. The Bertz CT molecular complexity index is 1750. The van der Waals surface area contributed by atoms with E-state index in [0.29, 0.717) is 39.7 Å².